The second-order valence-corrected chi connectivity index (χ2v) is 22.7. The summed E-state index contributed by atoms with van der Waals surface area (Å²) in [4.78, 5) is 38.2. The monoisotopic (exact) mass is 1080 g/mol. The molecule has 0 fully saturated rings. The fraction of sp³-hybridized carbons (Fsp3) is 0.817. The Morgan fingerprint density at radius 3 is 0.805 bits per heavy atom. The van der Waals surface area contributed by atoms with Gasteiger partial charge in [-0.1, -0.05) is 313 Å². The molecule has 0 aromatic rings. The van der Waals surface area contributed by atoms with Crippen LogP contribution in [-0.2, 0) is 28.6 Å². The second kappa shape index (κ2) is 65.6. The van der Waals surface area contributed by atoms with Gasteiger partial charge in [-0.3, -0.25) is 14.4 Å². The molecule has 77 heavy (non-hydrogen) atoms. The van der Waals surface area contributed by atoms with Crippen LogP contribution < -0.4 is 0 Å². The molecule has 0 aliphatic heterocycles. The smallest absolute Gasteiger partial charge is 0.306 e. The van der Waals surface area contributed by atoms with Crippen LogP contribution in [0.15, 0.2) is 60.8 Å². The van der Waals surface area contributed by atoms with Crippen molar-refractivity contribution in [3.8, 4) is 0 Å². The molecule has 6 nitrogen and oxygen atoms in total. The second-order valence-electron chi connectivity index (χ2n) is 22.7. The lowest BCUT2D eigenvalue weighted by molar-refractivity contribution is -0.167. The number of hydrogen-bond acceptors (Lipinski definition) is 6. The van der Waals surface area contributed by atoms with Gasteiger partial charge in [0.2, 0.25) is 0 Å². The fourth-order valence-corrected chi connectivity index (χ4v) is 9.96. The van der Waals surface area contributed by atoms with Gasteiger partial charge < -0.3 is 14.2 Å². The Kier molecular flexibility index (Phi) is 63.2. The van der Waals surface area contributed by atoms with E-state index in [-0.39, 0.29) is 31.1 Å². The van der Waals surface area contributed by atoms with Gasteiger partial charge in [0.25, 0.3) is 0 Å². The first-order valence-corrected chi connectivity index (χ1v) is 33.8. The number of allylic oxidation sites excluding steroid dienone is 10. The van der Waals surface area contributed by atoms with Crippen molar-refractivity contribution in [1.82, 2.24) is 0 Å². The van der Waals surface area contributed by atoms with E-state index in [0.29, 0.717) is 19.3 Å². The molecule has 448 valence electrons. The quantitative estimate of drug-likeness (QED) is 0.0261. The molecule has 0 amide bonds. The zero-order valence-electron chi connectivity index (χ0n) is 51.5. The minimum atomic E-state index is -0.776. The molecule has 0 aliphatic rings. The summed E-state index contributed by atoms with van der Waals surface area (Å²) in [6.45, 7) is 6.55. The van der Waals surface area contributed by atoms with Gasteiger partial charge in [-0.05, 0) is 83.5 Å². The van der Waals surface area contributed by atoms with Crippen molar-refractivity contribution in [2.75, 3.05) is 13.2 Å². The molecular weight excluding hydrogens is 949 g/mol. The van der Waals surface area contributed by atoms with Gasteiger partial charge >= 0.3 is 17.9 Å². The zero-order chi connectivity index (χ0) is 55.7. The van der Waals surface area contributed by atoms with Gasteiger partial charge in [0.1, 0.15) is 13.2 Å². The Morgan fingerprint density at radius 1 is 0.273 bits per heavy atom. The molecule has 0 bridgehead atoms. The van der Waals surface area contributed by atoms with Crippen LogP contribution in [0.3, 0.4) is 0 Å². The van der Waals surface area contributed by atoms with E-state index in [4.69, 9.17) is 14.2 Å². The molecule has 0 aromatic carbocycles. The van der Waals surface area contributed by atoms with Crippen molar-refractivity contribution >= 4 is 17.9 Å². The van der Waals surface area contributed by atoms with E-state index < -0.39 is 6.10 Å². The first kappa shape index (κ1) is 74.1. The van der Waals surface area contributed by atoms with E-state index in [1.54, 1.807) is 0 Å². The molecule has 0 saturated carbocycles. The lowest BCUT2D eigenvalue weighted by atomic mass is 10.0. The molecule has 0 N–H and O–H groups in total. The number of carbonyl (C=O) groups excluding carboxylic acids is 3. The molecule has 1 unspecified atom stereocenters. The average Bonchev–Trinajstić information content (AvgIpc) is 3.43. The molecule has 0 rings (SSSR count). The van der Waals surface area contributed by atoms with Crippen LogP contribution in [0.1, 0.15) is 355 Å². The van der Waals surface area contributed by atoms with Gasteiger partial charge in [0.15, 0.2) is 6.10 Å². The van der Waals surface area contributed by atoms with Crippen molar-refractivity contribution in [2.45, 2.75) is 361 Å². The van der Waals surface area contributed by atoms with E-state index in [0.717, 1.165) is 89.9 Å². The van der Waals surface area contributed by atoms with Crippen molar-refractivity contribution < 1.29 is 28.6 Å². The molecule has 0 aromatic heterocycles. The maximum absolute atomic E-state index is 12.9. The summed E-state index contributed by atoms with van der Waals surface area (Å²) < 4.78 is 16.9. The Hall–Kier alpha value is -2.89. The van der Waals surface area contributed by atoms with E-state index in [1.165, 1.54) is 225 Å². The standard InChI is InChI=1S/C71H128O6/c1-4-7-10-13-16-19-21-23-25-27-29-31-32-33-34-35-36-37-38-40-41-43-45-47-49-52-55-58-61-64-70(73)76-67-68(66-75-69(72)63-60-57-54-51-18-15-12-9-6-3)77-71(74)65-62-59-56-53-50-48-46-44-42-39-30-28-26-24-22-20-17-14-11-8-5-2/h8,11,17,20,24,26-27,29-30,39,68H,4-7,9-10,12-16,18-19,21-23,25,28,31-38,40-67H2,1-3H3/b11-8-,20-17-,26-24-,29-27-,39-30-. The summed E-state index contributed by atoms with van der Waals surface area (Å²) in [7, 11) is 0. The highest BCUT2D eigenvalue weighted by Gasteiger charge is 2.19. The third-order valence-electron chi connectivity index (χ3n) is 15.0. The summed E-state index contributed by atoms with van der Waals surface area (Å²) in [5, 5.41) is 0. The van der Waals surface area contributed by atoms with Crippen molar-refractivity contribution in [3.05, 3.63) is 60.8 Å². The first-order chi connectivity index (χ1) is 38.0. The predicted octanol–water partition coefficient (Wildman–Crippen LogP) is 23.1. The van der Waals surface area contributed by atoms with Crippen LogP contribution in [0, 0.1) is 0 Å². The summed E-state index contributed by atoms with van der Waals surface area (Å²) in [5.74, 6) is -0.865. The molecule has 0 spiro atoms. The van der Waals surface area contributed by atoms with Gasteiger partial charge in [0.05, 0.1) is 0 Å². The van der Waals surface area contributed by atoms with Crippen LogP contribution in [-0.4, -0.2) is 37.2 Å². The number of hydrogen-bond donors (Lipinski definition) is 0. The van der Waals surface area contributed by atoms with Crippen LogP contribution in [0.2, 0.25) is 0 Å². The van der Waals surface area contributed by atoms with Gasteiger partial charge in [-0.25, -0.2) is 0 Å². The first-order valence-electron chi connectivity index (χ1n) is 33.8. The van der Waals surface area contributed by atoms with E-state index in [1.807, 2.05) is 0 Å². The fourth-order valence-electron chi connectivity index (χ4n) is 9.96. The minimum Gasteiger partial charge on any atom is -0.462 e. The minimum absolute atomic E-state index is 0.0735. The van der Waals surface area contributed by atoms with Crippen molar-refractivity contribution in [1.29, 1.82) is 0 Å². The van der Waals surface area contributed by atoms with Crippen LogP contribution in [0.25, 0.3) is 0 Å². The maximum atomic E-state index is 12.9. The van der Waals surface area contributed by atoms with Gasteiger partial charge in [0, 0.05) is 19.3 Å². The lowest BCUT2D eigenvalue weighted by Gasteiger charge is -2.18. The summed E-state index contributed by atoms with van der Waals surface area (Å²) in [6, 6.07) is 0. The molecule has 0 aliphatic carbocycles. The normalized spacial score (nSPS) is 12.4. The molecule has 0 radical (unpaired) electrons. The largest absolute Gasteiger partial charge is 0.462 e. The highest BCUT2D eigenvalue weighted by atomic mass is 16.6. The topological polar surface area (TPSA) is 78.9 Å². The number of esters is 3. The zero-order valence-corrected chi connectivity index (χ0v) is 51.5. The highest BCUT2D eigenvalue weighted by molar-refractivity contribution is 5.71. The number of rotatable bonds is 62. The lowest BCUT2D eigenvalue weighted by Crippen LogP contribution is -2.30. The van der Waals surface area contributed by atoms with Crippen LogP contribution in [0.4, 0.5) is 0 Å². The average molecular weight is 1080 g/mol. The third kappa shape index (κ3) is 63.8. The number of ether oxygens (including phenoxy) is 3. The highest BCUT2D eigenvalue weighted by Crippen LogP contribution is 2.18. The molecule has 1 atom stereocenters. The van der Waals surface area contributed by atoms with Crippen LogP contribution in [0.5, 0.6) is 0 Å². The predicted molar refractivity (Wildman–Crippen MR) is 335 cm³/mol. The van der Waals surface area contributed by atoms with Gasteiger partial charge in [-0.2, -0.15) is 0 Å². The number of carbonyl (C=O) groups is 3. The van der Waals surface area contributed by atoms with E-state index >= 15 is 0 Å². The summed E-state index contributed by atoms with van der Waals surface area (Å²) in [5.41, 5.74) is 0. The summed E-state index contributed by atoms with van der Waals surface area (Å²) >= 11 is 0. The molecule has 6 heteroatoms. The Bertz CT molecular complexity index is 1380. The Labute approximate surface area is 479 Å². The number of unbranched alkanes of at least 4 members (excludes halogenated alkanes) is 41. The molecule has 0 heterocycles. The molecular formula is C71H128O6. The summed E-state index contributed by atoms with van der Waals surface area (Å²) in [6.07, 6.45) is 84.0. The van der Waals surface area contributed by atoms with Crippen molar-refractivity contribution in [2.24, 2.45) is 0 Å². The van der Waals surface area contributed by atoms with Crippen LogP contribution >= 0.6 is 0 Å². The Morgan fingerprint density at radius 2 is 0.506 bits per heavy atom. The Balaban J connectivity index is 4.13. The SMILES string of the molecule is CC/C=C\C/C=C\C/C=C\C/C=C\CCCCCCCCCCC(=O)OC(COC(=O)CCCCCCCCCCC)COC(=O)CCCCCCCCCCCCCCCCCCC/C=C\CCCCCCCCCC. The van der Waals surface area contributed by atoms with E-state index in [2.05, 4.69) is 81.5 Å². The maximum Gasteiger partial charge on any atom is 0.306 e. The molecule has 0 saturated heterocycles. The third-order valence-corrected chi connectivity index (χ3v) is 15.0. The van der Waals surface area contributed by atoms with Crippen molar-refractivity contribution in [3.63, 3.8) is 0 Å². The van der Waals surface area contributed by atoms with E-state index in [9.17, 15) is 14.4 Å². The van der Waals surface area contributed by atoms with Gasteiger partial charge in [-0.15, -0.1) is 0 Å².